The Morgan fingerprint density at radius 2 is 2.24 bits per heavy atom. The van der Waals surface area contributed by atoms with E-state index in [0.29, 0.717) is 18.8 Å². The zero-order valence-electron chi connectivity index (χ0n) is 9.68. The highest BCUT2D eigenvalue weighted by molar-refractivity contribution is 5.48. The molecular formula is C12H14N2O3. The van der Waals surface area contributed by atoms with Crippen LogP contribution in [0.5, 0.6) is 5.75 Å². The summed E-state index contributed by atoms with van der Waals surface area (Å²) in [6.45, 7) is 2.25. The monoisotopic (exact) mass is 234 g/mol. The van der Waals surface area contributed by atoms with Gasteiger partial charge in [0.2, 0.25) is 0 Å². The fourth-order valence-corrected chi connectivity index (χ4v) is 1.38. The van der Waals surface area contributed by atoms with Crippen LogP contribution >= 0.6 is 0 Å². The average Bonchev–Trinajstić information content (AvgIpc) is 2.28. The summed E-state index contributed by atoms with van der Waals surface area (Å²) in [5, 5.41) is 19.1. The quantitative estimate of drug-likeness (QED) is 0.430. The van der Waals surface area contributed by atoms with Crippen molar-refractivity contribution in [3.05, 3.63) is 33.9 Å². The Hall–Kier alpha value is -2.09. The summed E-state index contributed by atoms with van der Waals surface area (Å²) < 4.78 is 5.37. The van der Waals surface area contributed by atoms with Crippen LogP contribution < -0.4 is 4.74 Å². The molecule has 5 heteroatoms. The highest BCUT2D eigenvalue weighted by Crippen LogP contribution is 2.27. The topological polar surface area (TPSA) is 76.2 Å². The number of hydrogen-bond donors (Lipinski definition) is 0. The number of aryl methyl sites for hydroxylation is 1. The Bertz CT molecular complexity index is 438. The number of nitriles is 1. The Kier molecular flexibility index (Phi) is 4.95. The van der Waals surface area contributed by atoms with Crippen LogP contribution in [0.2, 0.25) is 0 Å². The maximum absolute atomic E-state index is 10.8. The molecule has 0 atom stereocenters. The van der Waals surface area contributed by atoms with E-state index in [9.17, 15) is 10.1 Å². The van der Waals surface area contributed by atoms with Gasteiger partial charge in [-0.15, -0.1) is 0 Å². The summed E-state index contributed by atoms with van der Waals surface area (Å²) in [6, 6.07) is 6.82. The predicted octanol–water partition coefficient (Wildman–Crippen LogP) is 2.98. The number of unbranched alkanes of at least 4 members (excludes halogenated alkanes) is 2. The highest BCUT2D eigenvalue weighted by Gasteiger charge is 2.14. The summed E-state index contributed by atoms with van der Waals surface area (Å²) in [7, 11) is 0. The van der Waals surface area contributed by atoms with Gasteiger partial charge in [0.1, 0.15) is 0 Å². The Morgan fingerprint density at radius 3 is 2.88 bits per heavy atom. The van der Waals surface area contributed by atoms with Crippen LogP contribution in [0.25, 0.3) is 0 Å². The molecule has 1 aromatic carbocycles. The third-order valence-electron chi connectivity index (χ3n) is 2.25. The summed E-state index contributed by atoms with van der Waals surface area (Å²) in [6.07, 6.45) is 1.95. The largest absolute Gasteiger partial charge is 0.487 e. The first-order chi connectivity index (χ1) is 8.15. The number of nitrogens with zero attached hydrogens (tertiary/aromatic N) is 2. The molecule has 0 amide bonds. The molecule has 5 nitrogen and oxygen atoms in total. The lowest BCUT2D eigenvalue weighted by molar-refractivity contribution is -0.385. The van der Waals surface area contributed by atoms with Gasteiger partial charge in [0.25, 0.3) is 0 Å². The van der Waals surface area contributed by atoms with E-state index in [-0.39, 0.29) is 5.69 Å². The predicted molar refractivity (Wildman–Crippen MR) is 62.8 cm³/mol. The van der Waals surface area contributed by atoms with Gasteiger partial charge in [0.05, 0.1) is 17.6 Å². The minimum absolute atomic E-state index is 0.0177. The molecule has 90 valence electrons. The van der Waals surface area contributed by atoms with Crippen molar-refractivity contribution in [2.75, 3.05) is 6.61 Å². The lowest BCUT2D eigenvalue weighted by Gasteiger charge is -2.06. The second kappa shape index (κ2) is 6.48. The molecule has 0 heterocycles. The molecule has 0 radical (unpaired) electrons. The van der Waals surface area contributed by atoms with Crippen LogP contribution in [0.1, 0.15) is 24.8 Å². The molecule has 0 unspecified atom stereocenters. The normalized spacial score (nSPS) is 9.65. The number of hydrogen-bond acceptors (Lipinski definition) is 4. The van der Waals surface area contributed by atoms with E-state index in [1.54, 1.807) is 12.1 Å². The molecule has 0 N–H and O–H groups in total. The summed E-state index contributed by atoms with van der Waals surface area (Å²) in [5.74, 6) is 0.298. The van der Waals surface area contributed by atoms with Crippen LogP contribution in [0.15, 0.2) is 18.2 Å². The molecule has 1 rings (SSSR count). The van der Waals surface area contributed by atoms with Crippen molar-refractivity contribution in [2.45, 2.75) is 26.2 Å². The Balaban J connectivity index is 2.60. The summed E-state index contributed by atoms with van der Waals surface area (Å²) in [4.78, 5) is 10.3. The van der Waals surface area contributed by atoms with Gasteiger partial charge in [0.15, 0.2) is 5.75 Å². The maximum atomic E-state index is 10.8. The number of benzene rings is 1. The van der Waals surface area contributed by atoms with E-state index >= 15 is 0 Å². The lowest BCUT2D eigenvalue weighted by atomic mass is 10.2. The molecule has 0 aliphatic carbocycles. The van der Waals surface area contributed by atoms with E-state index < -0.39 is 4.92 Å². The smallest absolute Gasteiger partial charge is 0.310 e. The molecule has 0 aliphatic heterocycles. The highest BCUT2D eigenvalue weighted by atomic mass is 16.6. The van der Waals surface area contributed by atoms with Gasteiger partial charge < -0.3 is 4.74 Å². The van der Waals surface area contributed by atoms with E-state index in [2.05, 4.69) is 0 Å². The van der Waals surface area contributed by atoms with Crippen molar-refractivity contribution in [1.29, 1.82) is 5.26 Å². The lowest BCUT2D eigenvalue weighted by Crippen LogP contribution is -2.00. The van der Waals surface area contributed by atoms with Gasteiger partial charge in [-0.3, -0.25) is 10.1 Å². The fraction of sp³-hybridized carbons (Fsp3) is 0.417. The summed E-state index contributed by atoms with van der Waals surface area (Å²) >= 11 is 0. The maximum Gasteiger partial charge on any atom is 0.310 e. The zero-order chi connectivity index (χ0) is 12.7. The van der Waals surface area contributed by atoms with E-state index in [4.69, 9.17) is 10.00 Å². The Labute approximate surface area is 99.8 Å². The van der Waals surface area contributed by atoms with Gasteiger partial charge in [-0.2, -0.15) is 5.26 Å². The van der Waals surface area contributed by atoms with Gasteiger partial charge in [-0.05, 0) is 31.4 Å². The third-order valence-corrected chi connectivity index (χ3v) is 2.25. The first-order valence-corrected chi connectivity index (χ1v) is 5.40. The molecule has 0 aliphatic rings. The molecule has 0 aromatic heterocycles. The van der Waals surface area contributed by atoms with Gasteiger partial charge in [-0.1, -0.05) is 6.07 Å². The van der Waals surface area contributed by atoms with Gasteiger partial charge in [-0.25, -0.2) is 0 Å². The van der Waals surface area contributed by atoms with Crippen LogP contribution in [0, 0.1) is 28.4 Å². The molecule has 0 spiro atoms. The van der Waals surface area contributed by atoms with E-state index in [0.717, 1.165) is 18.4 Å². The van der Waals surface area contributed by atoms with Crippen LogP contribution in [-0.2, 0) is 0 Å². The molecular weight excluding hydrogens is 220 g/mol. The molecule has 0 saturated heterocycles. The van der Waals surface area contributed by atoms with Crippen molar-refractivity contribution in [3.8, 4) is 11.8 Å². The minimum atomic E-state index is -0.454. The fourth-order valence-electron chi connectivity index (χ4n) is 1.38. The van der Waals surface area contributed by atoms with Crippen molar-refractivity contribution in [3.63, 3.8) is 0 Å². The van der Waals surface area contributed by atoms with Crippen molar-refractivity contribution >= 4 is 5.69 Å². The second-order valence-electron chi connectivity index (χ2n) is 3.69. The number of nitro groups is 1. The number of nitro benzene ring substituents is 1. The molecule has 17 heavy (non-hydrogen) atoms. The molecule has 0 saturated carbocycles. The van der Waals surface area contributed by atoms with Crippen LogP contribution in [0.3, 0.4) is 0 Å². The van der Waals surface area contributed by atoms with Crippen molar-refractivity contribution < 1.29 is 9.66 Å². The SMILES string of the molecule is Cc1ccc([N+](=O)[O-])c(OCCCCC#N)c1. The molecule has 0 fully saturated rings. The number of ether oxygens (including phenoxy) is 1. The third kappa shape index (κ3) is 4.11. The second-order valence-corrected chi connectivity index (χ2v) is 3.69. The zero-order valence-corrected chi connectivity index (χ0v) is 9.68. The Morgan fingerprint density at radius 1 is 1.47 bits per heavy atom. The van der Waals surface area contributed by atoms with E-state index in [1.165, 1.54) is 6.07 Å². The van der Waals surface area contributed by atoms with E-state index in [1.807, 2.05) is 13.0 Å². The van der Waals surface area contributed by atoms with Gasteiger partial charge in [0, 0.05) is 12.5 Å². The molecule has 0 bridgehead atoms. The van der Waals surface area contributed by atoms with Gasteiger partial charge >= 0.3 is 5.69 Å². The first kappa shape index (κ1) is 13.0. The first-order valence-electron chi connectivity index (χ1n) is 5.40. The van der Waals surface area contributed by atoms with Crippen LogP contribution in [-0.4, -0.2) is 11.5 Å². The standard InChI is InChI=1S/C12H14N2O3/c1-10-5-6-11(14(15)16)12(9-10)17-8-4-2-3-7-13/h5-6,9H,2-4,8H2,1H3. The molecule has 1 aromatic rings. The van der Waals surface area contributed by atoms with Crippen molar-refractivity contribution in [1.82, 2.24) is 0 Å². The number of rotatable bonds is 6. The summed E-state index contributed by atoms with van der Waals surface area (Å²) in [5.41, 5.74) is 0.901. The average molecular weight is 234 g/mol. The minimum Gasteiger partial charge on any atom is -0.487 e. The van der Waals surface area contributed by atoms with Crippen LogP contribution in [0.4, 0.5) is 5.69 Å². The van der Waals surface area contributed by atoms with Crippen molar-refractivity contribution in [2.24, 2.45) is 0 Å².